The molecule has 0 aliphatic rings. The highest BCUT2D eigenvalue weighted by atomic mass is 79.9. The lowest BCUT2D eigenvalue weighted by Gasteiger charge is -2.06. The third-order valence-electron chi connectivity index (χ3n) is 2.03. The van der Waals surface area contributed by atoms with Gasteiger partial charge in [-0.2, -0.15) is 0 Å². The Labute approximate surface area is 92.8 Å². The average molecular weight is 260 g/mol. The summed E-state index contributed by atoms with van der Waals surface area (Å²) in [4.78, 5) is 0. The summed E-state index contributed by atoms with van der Waals surface area (Å²) in [6.07, 6.45) is 3.46. The Bertz CT molecular complexity index is 289. The highest BCUT2D eigenvalue weighted by Gasteiger charge is 2.00. The van der Waals surface area contributed by atoms with Crippen molar-refractivity contribution in [1.82, 2.24) is 0 Å². The normalized spacial score (nSPS) is 10.2. The average Bonchev–Trinajstić information content (AvgIpc) is 2.15. The molecule has 1 aromatic rings. The number of anilines is 1. The van der Waals surface area contributed by atoms with Crippen LogP contribution in [0.1, 0.15) is 26.2 Å². The van der Waals surface area contributed by atoms with Gasteiger partial charge in [0.2, 0.25) is 0 Å². The minimum absolute atomic E-state index is 0.198. The predicted molar refractivity (Wildman–Crippen MR) is 62.1 cm³/mol. The Morgan fingerprint density at radius 3 is 2.79 bits per heavy atom. The first kappa shape index (κ1) is 11.5. The quantitative estimate of drug-likeness (QED) is 0.783. The molecule has 0 radical (unpaired) electrons. The number of benzene rings is 1. The first-order valence-electron chi connectivity index (χ1n) is 4.93. The fraction of sp³-hybridized carbons (Fsp3) is 0.455. The molecule has 0 bridgehead atoms. The lowest BCUT2D eigenvalue weighted by molar-refractivity contribution is 0.628. The zero-order valence-corrected chi connectivity index (χ0v) is 9.90. The van der Waals surface area contributed by atoms with Gasteiger partial charge in [-0.05, 0) is 24.6 Å². The van der Waals surface area contributed by atoms with Crippen LogP contribution < -0.4 is 5.32 Å². The van der Waals surface area contributed by atoms with E-state index in [9.17, 15) is 4.39 Å². The fourth-order valence-corrected chi connectivity index (χ4v) is 1.56. The van der Waals surface area contributed by atoms with Gasteiger partial charge >= 0.3 is 0 Å². The summed E-state index contributed by atoms with van der Waals surface area (Å²) < 4.78 is 14.0. The van der Waals surface area contributed by atoms with Gasteiger partial charge in [-0.3, -0.25) is 0 Å². The largest absolute Gasteiger partial charge is 0.383 e. The standard InChI is InChI=1S/C11H15BrFN/c1-2-3-4-7-14-11-6-5-9(12)8-10(11)13/h5-6,8,14H,2-4,7H2,1H3. The Morgan fingerprint density at radius 2 is 2.14 bits per heavy atom. The highest BCUT2D eigenvalue weighted by molar-refractivity contribution is 9.10. The van der Waals surface area contributed by atoms with Gasteiger partial charge in [0.25, 0.3) is 0 Å². The van der Waals surface area contributed by atoms with Crippen molar-refractivity contribution in [2.45, 2.75) is 26.2 Å². The van der Waals surface area contributed by atoms with E-state index < -0.39 is 0 Å². The van der Waals surface area contributed by atoms with Crippen molar-refractivity contribution in [3.63, 3.8) is 0 Å². The summed E-state index contributed by atoms with van der Waals surface area (Å²) in [5.74, 6) is -0.198. The van der Waals surface area contributed by atoms with Crippen molar-refractivity contribution in [3.05, 3.63) is 28.5 Å². The Balaban J connectivity index is 2.42. The molecule has 1 rings (SSSR count). The highest BCUT2D eigenvalue weighted by Crippen LogP contribution is 2.19. The van der Waals surface area contributed by atoms with Gasteiger partial charge in [0, 0.05) is 11.0 Å². The zero-order valence-electron chi connectivity index (χ0n) is 8.32. The van der Waals surface area contributed by atoms with E-state index in [4.69, 9.17) is 0 Å². The molecule has 0 amide bonds. The van der Waals surface area contributed by atoms with E-state index in [1.165, 1.54) is 18.9 Å². The molecule has 14 heavy (non-hydrogen) atoms. The molecule has 0 saturated carbocycles. The summed E-state index contributed by atoms with van der Waals surface area (Å²) in [5, 5.41) is 3.08. The zero-order chi connectivity index (χ0) is 10.4. The van der Waals surface area contributed by atoms with E-state index in [1.54, 1.807) is 6.07 Å². The molecule has 1 N–H and O–H groups in total. The van der Waals surface area contributed by atoms with Crippen LogP contribution in [-0.2, 0) is 0 Å². The lowest BCUT2D eigenvalue weighted by Crippen LogP contribution is -2.02. The molecule has 0 aliphatic carbocycles. The first-order chi connectivity index (χ1) is 6.74. The summed E-state index contributed by atoms with van der Waals surface area (Å²) in [5.41, 5.74) is 0.587. The molecule has 0 heterocycles. The molecule has 0 fully saturated rings. The van der Waals surface area contributed by atoms with Gasteiger partial charge in [-0.15, -0.1) is 0 Å². The van der Waals surface area contributed by atoms with Crippen LogP contribution in [0.2, 0.25) is 0 Å². The Kier molecular flexibility index (Phi) is 4.94. The second kappa shape index (κ2) is 6.02. The van der Waals surface area contributed by atoms with E-state index in [-0.39, 0.29) is 5.82 Å². The number of hydrogen-bond acceptors (Lipinski definition) is 1. The third-order valence-corrected chi connectivity index (χ3v) is 2.52. The molecule has 1 aromatic carbocycles. The second-order valence-electron chi connectivity index (χ2n) is 3.26. The van der Waals surface area contributed by atoms with E-state index >= 15 is 0 Å². The van der Waals surface area contributed by atoms with Gasteiger partial charge in [-0.1, -0.05) is 35.7 Å². The monoisotopic (exact) mass is 259 g/mol. The van der Waals surface area contributed by atoms with E-state index in [0.29, 0.717) is 5.69 Å². The maximum absolute atomic E-state index is 13.3. The number of hydrogen-bond donors (Lipinski definition) is 1. The Hall–Kier alpha value is -0.570. The number of unbranched alkanes of at least 4 members (excludes halogenated alkanes) is 2. The van der Waals surface area contributed by atoms with Gasteiger partial charge in [0.15, 0.2) is 0 Å². The molecule has 0 saturated heterocycles. The van der Waals surface area contributed by atoms with Crippen molar-refractivity contribution in [2.75, 3.05) is 11.9 Å². The molecule has 0 spiro atoms. The molecule has 0 atom stereocenters. The fourth-order valence-electron chi connectivity index (χ4n) is 1.23. The predicted octanol–water partition coefficient (Wildman–Crippen LogP) is 4.19. The minimum atomic E-state index is -0.198. The second-order valence-corrected chi connectivity index (χ2v) is 4.17. The molecular weight excluding hydrogens is 245 g/mol. The topological polar surface area (TPSA) is 12.0 Å². The van der Waals surface area contributed by atoms with Crippen LogP contribution >= 0.6 is 15.9 Å². The summed E-state index contributed by atoms with van der Waals surface area (Å²) in [7, 11) is 0. The summed E-state index contributed by atoms with van der Waals surface area (Å²) in [6.45, 7) is 2.99. The van der Waals surface area contributed by atoms with Crippen LogP contribution in [0.15, 0.2) is 22.7 Å². The Morgan fingerprint density at radius 1 is 1.36 bits per heavy atom. The first-order valence-corrected chi connectivity index (χ1v) is 5.72. The molecule has 78 valence electrons. The van der Waals surface area contributed by atoms with Crippen molar-refractivity contribution >= 4 is 21.6 Å². The number of halogens is 2. The number of nitrogens with one attached hydrogen (secondary N) is 1. The molecule has 3 heteroatoms. The van der Waals surface area contributed by atoms with Crippen molar-refractivity contribution in [1.29, 1.82) is 0 Å². The van der Waals surface area contributed by atoms with Crippen LogP contribution in [-0.4, -0.2) is 6.54 Å². The number of rotatable bonds is 5. The van der Waals surface area contributed by atoms with E-state index in [0.717, 1.165) is 17.4 Å². The maximum Gasteiger partial charge on any atom is 0.147 e. The maximum atomic E-state index is 13.3. The van der Waals surface area contributed by atoms with E-state index in [2.05, 4.69) is 28.2 Å². The smallest absolute Gasteiger partial charge is 0.147 e. The molecule has 0 aromatic heterocycles. The molecule has 0 aliphatic heterocycles. The molecule has 1 nitrogen and oxygen atoms in total. The van der Waals surface area contributed by atoms with Gasteiger partial charge in [0.05, 0.1) is 5.69 Å². The van der Waals surface area contributed by atoms with Gasteiger partial charge < -0.3 is 5.32 Å². The van der Waals surface area contributed by atoms with Crippen LogP contribution in [0.5, 0.6) is 0 Å². The third kappa shape index (κ3) is 3.66. The summed E-state index contributed by atoms with van der Waals surface area (Å²) in [6, 6.07) is 5.07. The molecular formula is C11H15BrFN. The van der Waals surface area contributed by atoms with Crippen molar-refractivity contribution < 1.29 is 4.39 Å². The van der Waals surface area contributed by atoms with Gasteiger partial charge in [-0.25, -0.2) is 4.39 Å². The van der Waals surface area contributed by atoms with Crippen LogP contribution in [0.25, 0.3) is 0 Å². The van der Waals surface area contributed by atoms with Crippen LogP contribution in [0, 0.1) is 5.82 Å². The van der Waals surface area contributed by atoms with Gasteiger partial charge in [0.1, 0.15) is 5.82 Å². The summed E-state index contributed by atoms with van der Waals surface area (Å²) >= 11 is 3.22. The van der Waals surface area contributed by atoms with Crippen molar-refractivity contribution in [2.24, 2.45) is 0 Å². The van der Waals surface area contributed by atoms with Crippen LogP contribution in [0.3, 0.4) is 0 Å². The lowest BCUT2D eigenvalue weighted by atomic mass is 10.2. The minimum Gasteiger partial charge on any atom is -0.383 e. The van der Waals surface area contributed by atoms with E-state index in [1.807, 2.05) is 6.07 Å². The SMILES string of the molecule is CCCCCNc1ccc(Br)cc1F. The van der Waals surface area contributed by atoms with Crippen molar-refractivity contribution in [3.8, 4) is 0 Å². The molecule has 0 unspecified atom stereocenters. The van der Waals surface area contributed by atoms with Crippen LogP contribution in [0.4, 0.5) is 10.1 Å².